The summed E-state index contributed by atoms with van der Waals surface area (Å²) in [6.45, 7) is 5.51. The van der Waals surface area contributed by atoms with Crippen molar-refractivity contribution in [2.75, 3.05) is 26.2 Å². The zero-order valence-electron chi connectivity index (χ0n) is 16.2. The summed E-state index contributed by atoms with van der Waals surface area (Å²) in [5.74, 6) is 1.12. The molecular weight excluding hydrogens is 352 g/mol. The number of benzene rings is 2. The zero-order chi connectivity index (χ0) is 19.5. The molecule has 1 aliphatic rings. The van der Waals surface area contributed by atoms with Crippen LogP contribution in [0.2, 0.25) is 0 Å². The molecule has 1 atom stereocenters. The third kappa shape index (κ3) is 3.66. The fraction of sp³-hybridized carbons (Fsp3) is 0.364. The van der Waals surface area contributed by atoms with Crippen molar-refractivity contribution in [1.29, 1.82) is 0 Å². The minimum atomic E-state index is -0.378. The third-order valence-electron chi connectivity index (χ3n) is 5.17. The van der Waals surface area contributed by atoms with Crippen LogP contribution in [0.1, 0.15) is 31.6 Å². The van der Waals surface area contributed by atoms with Gasteiger partial charge in [0.05, 0.1) is 17.2 Å². The molecule has 28 heavy (non-hydrogen) atoms. The summed E-state index contributed by atoms with van der Waals surface area (Å²) in [6, 6.07) is 14.7. The van der Waals surface area contributed by atoms with Gasteiger partial charge in [-0.2, -0.15) is 0 Å². The Morgan fingerprint density at radius 2 is 1.86 bits per heavy atom. The van der Waals surface area contributed by atoms with Crippen LogP contribution in [0.3, 0.4) is 0 Å². The normalized spacial score (nSPS) is 15.8. The van der Waals surface area contributed by atoms with E-state index in [-0.39, 0.29) is 11.6 Å². The molecule has 0 unspecified atom stereocenters. The van der Waals surface area contributed by atoms with Crippen LogP contribution in [-0.4, -0.2) is 40.7 Å². The lowest BCUT2D eigenvalue weighted by molar-refractivity contribution is 0.239. The molecule has 0 bridgehead atoms. The van der Waals surface area contributed by atoms with Crippen LogP contribution in [0.25, 0.3) is 16.6 Å². The smallest absolute Gasteiger partial charge is 0.269 e. The molecule has 2 heterocycles. The predicted octanol–water partition coefficient (Wildman–Crippen LogP) is 2.88. The average Bonchev–Trinajstić information content (AvgIpc) is 3.22. The molecule has 4 rings (SSSR count). The van der Waals surface area contributed by atoms with Gasteiger partial charge in [-0.15, -0.1) is 0 Å². The lowest BCUT2D eigenvalue weighted by atomic mass is 10.2. The molecule has 2 N–H and O–H groups in total. The van der Waals surface area contributed by atoms with E-state index in [1.807, 2.05) is 55.5 Å². The minimum absolute atomic E-state index is 0.153. The Morgan fingerprint density at radius 1 is 1.11 bits per heavy atom. The maximum absolute atomic E-state index is 13.5. The van der Waals surface area contributed by atoms with E-state index in [0.717, 1.165) is 25.3 Å². The van der Waals surface area contributed by atoms with E-state index in [9.17, 15) is 4.79 Å². The molecule has 2 aromatic carbocycles. The van der Waals surface area contributed by atoms with Crippen molar-refractivity contribution in [2.45, 2.75) is 25.8 Å². The first-order valence-corrected chi connectivity index (χ1v) is 9.87. The summed E-state index contributed by atoms with van der Waals surface area (Å²) in [4.78, 5) is 20.6. The second-order valence-electron chi connectivity index (χ2n) is 7.28. The van der Waals surface area contributed by atoms with Gasteiger partial charge >= 0.3 is 0 Å². The van der Waals surface area contributed by atoms with Crippen LogP contribution in [0.4, 0.5) is 0 Å². The molecule has 1 saturated heterocycles. The second kappa shape index (κ2) is 8.12. The number of fused-ring (bicyclic) bond motifs is 1. The molecule has 0 amide bonds. The molecule has 0 spiro atoms. The van der Waals surface area contributed by atoms with Crippen molar-refractivity contribution < 1.29 is 4.74 Å². The highest BCUT2D eigenvalue weighted by Crippen LogP contribution is 2.24. The Bertz CT molecular complexity index is 1010. The van der Waals surface area contributed by atoms with Gasteiger partial charge in [-0.25, -0.2) is 4.98 Å². The number of aromatic nitrogens is 2. The van der Waals surface area contributed by atoms with Gasteiger partial charge in [0, 0.05) is 6.54 Å². The summed E-state index contributed by atoms with van der Waals surface area (Å²) < 4.78 is 7.62. The van der Waals surface area contributed by atoms with E-state index in [2.05, 4.69) is 4.90 Å². The van der Waals surface area contributed by atoms with Crippen LogP contribution in [-0.2, 0) is 0 Å². The lowest BCUT2D eigenvalue weighted by Gasteiger charge is -2.18. The molecule has 0 saturated carbocycles. The van der Waals surface area contributed by atoms with Gasteiger partial charge in [-0.1, -0.05) is 24.3 Å². The summed E-state index contributed by atoms with van der Waals surface area (Å²) in [7, 11) is 0. The third-order valence-corrected chi connectivity index (χ3v) is 5.17. The zero-order valence-corrected chi connectivity index (χ0v) is 16.2. The van der Waals surface area contributed by atoms with E-state index in [4.69, 9.17) is 15.5 Å². The Morgan fingerprint density at radius 3 is 2.57 bits per heavy atom. The van der Waals surface area contributed by atoms with E-state index in [1.54, 1.807) is 4.57 Å². The highest BCUT2D eigenvalue weighted by molar-refractivity contribution is 5.84. The van der Waals surface area contributed by atoms with E-state index < -0.39 is 0 Å². The second-order valence-corrected chi connectivity index (χ2v) is 7.28. The number of nitrogens with zero attached hydrogens (tertiary/aromatic N) is 3. The largest absolute Gasteiger partial charge is 0.491 e. The Hall–Kier alpha value is -2.70. The number of hydrogen-bond acceptors (Lipinski definition) is 5. The fourth-order valence-electron chi connectivity index (χ4n) is 3.76. The minimum Gasteiger partial charge on any atom is -0.491 e. The SMILES string of the molecule is C[C@H](N)c1nc2cccc(OCCN3CCCC3)c2c(=O)n1-c1ccccc1. The molecule has 1 aliphatic heterocycles. The highest BCUT2D eigenvalue weighted by Gasteiger charge is 2.18. The number of likely N-dealkylation sites (tertiary alicyclic amines) is 1. The molecule has 3 aromatic rings. The van der Waals surface area contributed by atoms with Crippen LogP contribution >= 0.6 is 0 Å². The molecule has 0 aliphatic carbocycles. The number of nitrogens with two attached hydrogens (primary N) is 1. The van der Waals surface area contributed by atoms with Crippen molar-refractivity contribution in [1.82, 2.24) is 14.5 Å². The number of para-hydroxylation sites is 1. The van der Waals surface area contributed by atoms with Gasteiger partial charge < -0.3 is 10.5 Å². The maximum Gasteiger partial charge on any atom is 0.269 e. The van der Waals surface area contributed by atoms with E-state index >= 15 is 0 Å². The number of rotatable bonds is 6. The van der Waals surface area contributed by atoms with Gasteiger partial charge in [0.2, 0.25) is 0 Å². The van der Waals surface area contributed by atoms with Crippen molar-refractivity contribution in [3.05, 3.63) is 64.7 Å². The molecular formula is C22H26N4O2. The van der Waals surface area contributed by atoms with Crippen molar-refractivity contribution >= 4 is 10.9 Å². The van der Waals surface area contributed by atoms with Crippen LogP contribution in [0.5, 0.6) is 5.75 Å². The first kappa shape index (κ1) is 18.7. The standard InChI is InChI=1S/C22H26N4O2/c1-16(23)21-24-18-10-7-11-19(28-15-14-25-12-5-6-13-25)20(18)22(27)26(21)17-8-3-2-4-9-17/h2-4,7-11,16H,5-6,12-15,23H2,1H3/t16-/m0/s1. The lowest BCUT2D eigenvalue weighted by Crippen LogP contribution is -2.28. The highest BCUT2D eigenvalue weighted by atomic mass is 16.5. The molecule has 0 radical (unpaired) electrons. The summed E-state index contributed by atoms with van der Waals surface area (Å²) in [5, 5.41) is 0.497. The fourth-order valence-corrected chi connectivity index (χ4v) is 3.76. The predicted molar refractivity (Wildman–Crippen MR) is 111 cm³/mol. The van der Waals surface area contributed by atoms with Gasteiger partial charge in [-0.3, -0.25) is 14.3 Å². The maximum atomic E-state index is 13.5. The first-order valence-electron chi connectivity index (χ1n) is 9.87. The van der Waals surface area contributed by atoms with Gasteiger partial charge in [0.1, 0.15) is 23.6 Å². The van der Waals surface area contributed by atoms with Gasteiger partial charge in [0.15, 0.2) is 0 Å². The molecule has 146 valence electrons. The molecule has 6 heteroatoms. The van der Waals surface area contributed by atoms with Crippen molar-refractivity contribution in [3.8, 4) is 11.4 Å². The molecule has 1 fully saturated rings. The van der Waals surface area contributed by atoms with Gasteiger partial charge in [0.25, 0.3) is 5.56 Å². The Kier molecular flexibility index (Phi) is 5.41. The monoisotopic (exact) mass is 378 g/mol. The number of ether oxygens (including phenoxy) is 1. The molecule has 1 aromatic heterocycles. The first-order chi connectivity index (χ1) is 13.6. The van der Waals surface area contributed by atoms with Crippen LogP contribution in [0.15, 0.2) is 53.3 Å². The van der Waals surface area contributed by atoms with Crippen molar-refractivity contribution in [3.63, 3.8) is 0 Å². The Labute approximate surface area is 164 Å². The quantitative estimate of drug-likeness (QED) is 0.714. The van der Waals surface area contributed by atoms with Crippen LogP contribution < -0.4 is 16.0 Å². The van der Waals surface area contributed by atoms with E-state index in [1.165, 1.54) is 12.8 Å². The topological polar surface area (TPSA) is 73.4 Å². The number of hydrogen-bond donors (Lipinski definition) is 1. The van der Waals surface area contributed by atoms with E-state index in [0.29, 0.717) is 29.1 Å². The summed E-state index contributed by atoms with van der Waals surface area (Å²) >= 11 is 0. The molecule has 6 nitrogen and oxygen atoms in total. The Balaban J connectivity index is 1.76. The van der Waals surface area contributed by atoms with Crippen molar-refractivity contribution in [2.24, 2.45) is 5.73 Å². The average molecular weight is 378 g/mol. The van der Waals surface area contributed by atoms with Gasteiger partial charge in [-0.05, 0) is 57.1 Å². The summed E-state index contributed by atoms with van der Waals surface area (Å²) in [5.41, 5.74) is 7.35. The summed E-state index contributed by atoms with van der Waals surface area (Å²) in [6.07, 6.45) is 2.50. The van der Waals surface area contributed by atoms with Crippen LogP contribution in [0, 0.1) is 0 Å².